The Hall–Kier alpha value is -2.62. The van der Waals surface area contributed by atoms with Crippen molar-refractivity contribution in [1.82, 2.24) is 4.98 Å². The minimum absolute atomic E-state index is 0.301. The second-order valence-electron chi connectivity index (χ2n) is 4.66. The first-order chi connectivity index (χ1) is 9.66. The molecular weight excluding hydrogens is 253 g/mol. The lowest BCUT2D eigenvalue weighted by molar-refractivity contribution is 0.631. The third-order valence-corrected chi connectivity index (χ3v) is 3.28. The van der Waals surface area contributed by atoms with Crippen LogP contribution in [0.1, 0.15) is 5.56 Å². The van der Waals surface area contributed by atoms with E-state index in [1.807, 2.05) is 37.3 Å². The monoisotopic (exact) mass is 267 g/mol. The fraction of sp³-hybridized carbons (Fsp3) is 0.0625. The first kappa shape index (κ1) is 12.4. The van der Waals surface area contributed by atoms with Crippen LogP contribution in [0.15, 0.2) is 48.7 Å². The number of anilines is 3. The van der Waals surface area contributed by atoms with Gasteiger partial charge < -0.3 is 11.1 Å². The van der Waals surface area contributed by atoms with Crippen molar-refractivity contribution in [2.24, 2.45) is 0 Å². The van der Waals surface area contributed by atoms with Crippen LogP contribution >= 0.6 is 0 Å². The van der Waals surface area contributed by atoms with Crippen molar-refractivity contribution in [2.45, 2.75) is 6.92 Å². The molecule has 20 heavy (non-hydrogen) atoms. The Balaban J connectivity index is 2.18. The van der Waals surface area contributed by atoms with Crippen LogP contribution < -0.4 is 11.1 Å². The molecular formula is C16H14FN3. The van der Waals surface area contributed by atoms with Crippen molar-refractivity contribution in [3.05, 3.63) is 60.0 Å². The second kappa shape index (κ2) is 4.81. The summed E-state index contributed by atoms with van der Waals surface area (Å²) in [4.78, 5) is 4.27. The van der Waals surface area contributed by atoms with Crippen LogP contribution in [-0.4, -0.2) is 4.98 Å². The Morgan fingerprint density at radius 3 is 2.65 bits per heavy atom. The summed E-state index contributed by atoms with van der Waals surface area (Å²) in [7, 11) is 0. The van der Waals surface area contributed by atoms with Crippen LogP contribution in [-0.2, 0) is 0 Å². The van der Waals surface area contributed by atoms with Crippen molar-refractivity contribution in [3.8, 4) is 0 Å². The number of pyridine rings is 1. The number of halogens is 1. The van der Waals surface area contributed by atoms with Gasteiger partial charge in [0, 0.05) is 5.39 Å². The highest BCUT2D eigenvalue weighted by Gasteiger charge is 2.10. The molecule has 0 bridgehead atoms. The maximum atomic E-state index is 13.9. The second-order valence-corrected chi connectivity index (χ2v) is 4.66. The lowest BCUT2D eigenvalue weighted by atomic mass is 10.1. The zero-order valence-electron chi connectivity index (χ0n) is 11.0. The number of nitrogen functional groups attached to an aromatic ring is 1. The Bertz CT molecular complexity index is 764. The number of aryl methyl sites for hydroxylation is 1. The highest BCUT2D eigenvalue weighted by atomic mass is 19.1. The van der Waals surface area contributed by atoms with Crippen LogP contribution in [0.2, 0.25) is 0 Å². The maximum absolute atomic E-state index is 13.9. The first-order valence-corrected chi connectivity index (χ1v) is 6.32. The van der Waals surface area contributed by atoms with Gasteiger partial charge in [0.15, 0.2) is 0 Å². The molecule has 0 spiro atoms. The first-order valence-electron chi connectivity index (χ1n) is 6.32. The molecule has 0 radical (unpaired) electrons. The smallest absolute Gasteiger partial charge is 0.146 e. The van der Waals surface area contributed by atoms with E-state index in [4.69, 9.17) is 5.73 Å². The molecule has 3 nitrogen and oxygen atoms in total. The Labute approximate surface area is 116 Å². The number of para-hydroxylation sites is 2. The molecule has 1 heterocycles. The van der Waals surface area contributed by atoms with Gasteiger partial charge in [0.25, 0.3) is 0 Å². The molecule has 0 atom stereocenters. The van der Waals surface area contributed by atoms with Crippen molar-refractivity contribution in [3.63, 3.8) is 0 Å². The summed E-state index contributed by atoms with van der Waals surface area (Å²) in [6.07, 6.45) is 1.58. The molecule has 0 unspecified atom stereocenters. The predicted octanol–water partition coefficient (Wildman–Crippen LogP) is 4.01. The number of nitrogens with two attached hydrogens (primary N) is 1. The Morgan fingerprint density at radius 2 is 1.85 bits per heavy atom. The average molecular weight is 267 g/mol. The van der Waals surface area contributed by atoms with E-state index in [0.29, 0.717) is 17.1 Å². The van der Waals surface area contributed by atoms with Gasteiger partial charge in [-0.3, -0.25) is 4.98 Å². The fourth-order valence-corrected chi connectivity index (χ4v) is 2.21. The lowest BCUT2D eigenvalue weighted by Gasteiger charge is -2.14. The zero-order chi connectivity index (χ0) is 14.1. The number of nitrogens with one attached hydrogen (secondary N) is 1. The summed E-state index contributed by atoms with van der Waals surface area (Å²) in [5.74, 6) is -0.301. The van der Waals surface area contributed by atoms with Crippen molar-refractivity contribution >= 4 is 28.0 Å². The van der Waals surface area contributed by atoms with Crippen molar-refractivity contribution < 1.29 is 4.39 Å². The van der Waals surface area contributed by atoms with E-state index in [-0.39, 0.29) is 5.82 Å². The molecule has 4 heteroatoms. The Kier molecular flexibility index (Phi) is 2.99. The van der Waals surface area contributed by atoms with Gasteiger partial charge in [-0.2, -0.15) is 0 Å². The maximum Gasteiger partial charge on any atom is 0.146 e. The molecule has 0 amide bonds. The SMILES string of the molecule is Cc1cccc(F)c1Nc1c(N)cnc2ccccc12. The van der Waals surface area contributed by atoms with Gasteiger partial charge in [0.05, 0.1) is 28.8 Å². The molecule has 1 aromatic heterocycles. The van der Waals surface area contributed by atoms with Gasteiger partial charge in [-0.15, -0.1) is 0 Å². The standard InChI is InChI=1S/C16H14FN3/c1-10-5-4-7-12(17)15(10)20-16-11-6-2-3-8-14(11)19-9-13(16)18/h2-9H,18H2,1H3,(H,19,20). The van der Waals surface area contributed by atoms with E-state index >= 15 is 0 Å². The van der Waals surface area contributed by atoms with E-state index in [1.165, 1.54) is 6.07 Å². The molecule has 3 rings (SSSR count). The number of rotatable bonds is 2. The average Bonchev–Trinajstić information content (AvgIpc) is 2.45. The molecule has 3 aromatic rings. The molecule has 0 aliphatic carbocycles. The van der Waals surface area contributed by atoms with Gasteiger partial charge in [-0.25, -0.2) is 4.39 Å². The van der Waals surface area contributed by atoms with E-state index in [9.17, 15) is 4.39 Å². The highest BCUT2D eigenvalue weighted by Crippen LogP contribution is 2.32. The summed E-state index contributed by atoms with van der Waals surface area (Å²) in [5.41, 5.74) is 9.25. The zero-order valence-corrected chi connectivity index (χ0v) is 11.0. The van der Waals surface area contributed by atoms with Gasteiger partial charge >= 0.3 is 0 Å². The predicted molar refractivity (Wildman–Crippen MR) is 80.6 cm³/mol. The van der Waals surface area contributed by atoms with E-state index in [0.717, 1.165) is 16.5 Å². The summed E-state index contributed by atoms with van der Waals surface area (Å²) < 4.78 is 13.9. The minimum atomic E-state index is -0.301. The lowest BCUT2D eigenvalue weighted by Crippen LogP contribution is -2.01. The van der Waals surface area contributed by atoms with Crippen LogP contribution in [0.25, 0.3) is 10.9 Å². The third kappa shape index (κ3) is 2.05. The summed E-state index contributed by atoms with van der Waals surface area (Å²) in [6, 6.07) is 12.6. The molecule has 0 aliphatic heterocycles. The van der Waals surface area contributed by atoms with Gasteiger partial charge in [-0.1, -0.05) is 30.3 Å². The van der Waals surface area contributed by atoms with Crippen LogP contribution in [0.3, 0.4) is 0 Å². The minimum Gasteiger partial charge on any atom is -0.396 e. The normalized spacial score (nSPS) is 10.7. The van der Waals surface area contributed by atoms with Crippen molar-refractivity contribution in [2.75, 3.05) is 11.1 Å². The molecule has 2 aromatic carbocycles. The van der Waals surface area contributed by atoms with Crippen molar-refractivity contribution in [1.29, 1.82) is 0 Å². The van der Waals surface area contributed by atoms with E-state index in [1.54, 1.807) is 12.3 Å². The van der Waals surface area contributed by atoms with Gasteiger partial charge in [0.2, 0.25) is 0 Å². The molecule has 0 saturated heterocycles. The van der Waals surface area contributed by atoms with E-state index in [2.05, 4.69) is 10.3 Å². The third-order valence-electron chi connectivity index (χ3n) is 3.28. The largest absolute Gasteiger partial charge is 0.396 e. The number of hydrogen-bond donors (Lipinski definition) is 2. The Morgan fingerprint density at radius 1 is 1.05 bits per heavy atom. The topological polar surface area (TPSA) is 50.9 Å². The highest BCUT2D eigenvalue weighted by molar-refractivity contribution is 5.98. The van der Waals surface area contributed by atoms with Gasteiger partial charge in [0.1, 0.15) is 5.82 Å². The van der Waals surface area contributed by atoms with Crippen LogP contribution in [0, 0.1) is 12.7 Å². The van der Waals surface area contributed by atoms with Crippen LogP contribution in [0.5, 0.6) is 0 Å². The molecule has 100 valence electrons. The van der Waals surface area contributed by atoms with Gasteiger partial charge in [-0.05, 0) is 24.6 Å². The molecule has 0 aliphatic rings. The number of fused-ring (bicyclic) bond motifs is 1. The fourth-order valence-electron chi connectivity index (χ4n) is 2.21. The van der Waals surface area contributed by atoms with Crippen LogP contribution in [0.4, 0.5) is 21.5 Å². The molecule has 0 fully saturated rings. The summed E-state index contributed by atoms with van der Waals surface area (Å²) in [6.45, 7) is 1.85. The number of nitrogens with zero attached hydrogens (tertiary/aromatic N) is 1. The number of aromatic nitrogens is 1. The molecule has 0 saturated carbocycles. The number of benzene rings is 2. The quantitative estimate of drug-likeness (QED) is 0.737. The summed E-state index contributed by atoms with van der Waals surface area (Å²) >= 11 is 0. The van der Waals surface area contributed by atoms with E-state index < -0.39 is 0 Å². The summed E-state index contributed by atoms with van der Waals surface area (Å²) in [5, 5.41) is 3.98. The number of hydrogen-bond acceptors (Lipinski definition) is 3. The molecule has 3 N–H and O–H groups in total.